The second-order valence-corrected chi connectivity index (χ2v) is 7.32. The van der Waals surface area contributed by atoms with Crippen molar-refractivity contribution in [1.29, 1.82) is 0 Å². The van der Waals surface area contributed by atoms with Gasteiger partial charge in [-0.2, -0.15) is 0 Å². The molecule has 1 aliphatic heterocycles. The summed E-state index contributed by atoms with van der Waals surface area (Å²) < 4.78 is 0. The lowest BCUT2D eigenvalue weighted by Gasteiger charge is -2.11. The second-order valence-electron chi connectivity index (χ2n) is 6.42. The Hall–Kier alpha value is -1.15. The summed E-state index contributed by atoms with van der Waals surface area (Å²) in [6.07, 6.45) is 15.4. The van der Waals surface area contributed by atoms with E-state index in [-0.39, 0.29) is 5.41 Å². The highest BCUT2D eigenvalue weighted by atomic mass is 32.2. The van der Waals surface area contributed by atoms with E-state index in [2.05, 4.69) is 81.8 Å². The Bertz CT molecular complexity index is 470. The van der Waals surface area contributed by atoms with Gasteiger partial charge in [0, 0.05) is 23.6 Å². The SMILES string of the molecule is CCC1=C/C/C(N/C(C)=C/C=C/C(C)(C)C)=C\SC/C=C\1. The smallest absolute Gasteiger partial charge is 0.0251 e. The third-order valence-electron chi connectivity index (χ3n) is 3.04. The van der Waals surface area contributed by atoms with Crippen LogP contribution in [0.4, 0.5) is 0 Å². The predicted molar refractivity (Wildman–Crippen MR) is 98.2 cm³/mol. The number of thioether (sulfide) groups is 1. The normalized spacial score (nSPS) is 24.3. The number of hydrogen-bond donors (Lipinski definition) is 1. The van der Waals surface area contributed by atoms with E-state index < -0.39 is 0 Å². The van der Waals surface area contributed by atoms with Crippen LogP contribution in [0.15, 0.2) is 58.8 Å². The van der Waals surface area contributed by atoms with Crippen LogP contribution in [0.1, 0.15) is 47.5 Å². The van der Waals surface area contributed by atoms with Crippen molar-refractivity contribution in [3.05, 3.63) is 58.8 Å². The lowest BCUT2D eigenvalue weighted by Crippen LogP contribution is -2.10. The highest BCUT2D eigenvalue weighted by Crippen LogP contribution is 2.17. The Morgan fingerprint density at radius 1 is 1.38 bits per heavy atom. The summed E-state index contributed by atoms with van der Waals surface area (Å²) >= 11 is 1.84. The van der Waals surface area contributed by atoms with E-state index in [9.17, 15) is 0 Å². The average molecular weight is 304 g/mol. The van der Waals surface area contributed by atoms with Crippen molar-refractivity contribution in [2.75, 3.05) is 5.75 Å². The molecule has 0 fully saturated rings. The standard InChI is InChI=1S/C19H29NS/c1-6-17-10-8-14-21-15-18(12-11-17)20-16(2)9-7-13-19(3,4)5/h7-11,13,15,20H,6,12,14H2,1-5H3/b10-8-,13-7+,16-9+,17-11-,18-15+. The van der Waals surface area contributed by atoms with E-state index in [1.807, 2.05) is 11.8 Å². The van der Waals surface area contributed by atoms with Crippen molar-refractivity contribution in [2.45, 2.75) is 47.5 Å². The van der Waals surface area contributed by atoms with Crippen molar-refractivity contribution in [3.63, 3.8) is 0 Å². The number of rotatable bonds is 4. The van der Waals surface area contributed by atoms with Crippen LogP contribution in [0.5, 0.6) is 0 Å². The molecule has 0 bridgehead atoms. The lowest BCUT2D eigenvalue weighted by molar-refractivity contribution is 0.544. The molecule has 0 atom stereocenters. The summed E-state index contributed by atoms with van der Waals surface area (Å²) in [5, 5.41) is 5.76. The highest BCUT2D eigenvalue weighted by molar-refractivity contribution is 8.02. The molecule has 0 amide bonds. The quantitative estimate of drug-likeness (QED) is 0.644. The molecule has 0 saturated carbocycles. The fourth-order valence-corrected chi connectivity index (χ4v) is 2.54. The van der Waals surface area contributed by atoms with Crippen LogP contribution in [0.2, 0.25) is 0 Å². The maximum atomic E-state index is 3.52. The van der Waals surface area contributed by atoms with Crippen LogP contribution in [-0.4, -0.2) is 5.75 Å². The van der Waals surface area contributed by atoms with Crippen molar-refractivity contribution >= 4 is 11.8 Å². The Labute approximate surface area is 135 Å². The Morgan fingerprint density at radius 2 is 2.14 bits per heavy atom. The van der Waals surface area contributed by atoms with Gasteiger partial charge in [-0.3, -0.25) is 0 Å². The molecule has 116 valence electrons. The maximum Gasteiger partial charge on any atom is 0.0251 e. The fraction of sp³-hybridized carbons (Fsp3) is 0.474. The van der Waals surface area contributed by atoms with Crippen LogP contribution in [0.3, 0.4) is 0 Å². The molecule has 0 aromatic rings. The van der Waals surface area contributed by atoms with Gasteiger partial charge in [-0.1, -0.05) is 63.6 Å². The molecular weight excluding hydrogens is 274 g/mol. The molecule has 0 aromatic heterocycles. The van der Waals surface area contributed by atoms with Gasteiger partial charge < -0.3 is 5.32 Å². The van der Waals surface area contributed by atoms with E-state index >= 15 is 0 Å². The van der Waals surface area contributed by atoms with E-state index in [1.165, 1.54) is 17.0 Å². The zero-order chi connectivity index (χ0) is 15.7. The van der Waals surface area contributed by atoms with Gasteiger partial charge in [-0.25, -0.2) is 0 Å². The van der Waals surface area contributed by atoms with Gasteiger partial charge in [-0.05, 0) is 30.2 Å². The first-order valence-electron chi connectivity index (χ1n) is 7.70. The molecule has 0 aromatic carbocycles. The van der Waals surface area contributed by atoms with Crippen molar-refractivity contribution in [1.82, 2.24) is 5.32 Å². The topological polar surface area (TPSA) is 12.0 Å². The fourth-order valence-electron chi connectivity index (χ4n) is 1.88. The van der Waals surface area contributed by atoms with Crippen molar-refractivity contribution < 1.29 is 0 Å². The summed E-state index contributed by atoms with van der Waals surface area (Å²) in [5.41, 5.74) is 4.10. The Kier molecular flexibility index (Phi) is 7.66. The molecule has 0 spiro atoms. The van der Waals surface area contributed by atoms with Crippen LogP contribution in [0.25, 0.3) is 0 Å². The molecule has 1 N–H and O–H groups in total. The summed E-state index contributed by atoms with van der Waals surface area (Å²) in [5.74, 6) is 1.04. The van der Waals surface area contributed by atoms with Crippen molar-refractivity contribution in [2.24, 2.45) is 5.41 Å². The zero-order valence-electron chi connectivity index (χ0n) is 14.1. The third-order valence-corrected chi connectivity index (χ3v) is 3.88. The molecule has 1 nitrogen and oxygen atoms in total. The first kappa shape index (κ1) is 17.9. The van der Waals surface area contributed by atoms with Crippen LogP contribution >= 0.6 is 11.8 Å². The van der Waals surface area contributed by atoms with Gasteiger partial charge in [-0.15, -0.1) is 11.8 Å². The summed E-state index contributed by atoms with van der Waals surface area (Å²) in [7, 11) is 0. The summed E-state index contributed by atoms with van der Waals surface area (Å²) in [6.45, 7) is 11.0. The van der Waals surface area contributed by atoms with E-state index in [1.54, 1.807) is 0 Å². The molecule has 0 unspecified atom stereocenters. The Morgan fingerprint density at radius 3 is 2.81 bits per heavy atom. The average Bonchev–Trinajstić information content (AvgIpc) is 2.49. The van der Waals surface area contributed by atoms with Crippen molar-refractivity contribution in [3.8, 4) is 0 Å². The largest absolute Gasteiger partial charge is 0.362 e. The molecule has 1 heterocycles. The Balaban J connectivity index is 2.67. The molecule has 0 aliphatic carbocycles. The number of allylic oxidation sites excluding steroid dienone is 7. The van der Waals surface area contributed by atoms with Gasteiger partial charge in [0.15, 0.2) is 0 Å². The predicted octanol–water partition coefficient (Wildman–Crippen LogP) is 5.95. The lowest BCUT2D eigenvalue weighted by atomic mass is 9.96. The van der Waals surface area contributed by atoms with E-state index in [0.717, 1.165) is 18.6 Å². The molecule has 1 rings (SSSR count). The van der Waals surface area contributed by atoms with Crippen LogP contribution in [-0.2, 0) is 0 Å². The van der Waals surface area contributed by atoms with Gasteiger partial charge in [0.2, 0.25) is 0 Å². The monoisotopic (exact) mass is 303 g/mol. The minimum Gasteiger partial charge on any atom is -0.362 e. The molecular formula is C19H29NS. The molecule has 0 saturated heterocycles. The minimum atomic E-state index is 0.231. The first-order chi connectivity index (χ1) is 9.90. The minimum absolute atomic E-state index is 0.231. The number of hydrogen-bond acceptors (Lipinski definition) is 2. The molecule has 21 heavy (non-hydrogen) atoms. The first-order valence-corrected chi connectivity index (χ1v) is 8.75. The van der Waals surface area contributed by atoms with Gasteiger partial charge in [0.25, 0.3) is 0 Å². The highest BCUT2D eigenvalue weighted by Gasteiger charge is 2.02. The van der Waals surface area contributed by atoms with Crippen LogP contribution < -0.4 is 5.32 Å². The van der Waals surface area contributed by atoms with Gasteiger partial charge in [0.1, 0.15) is 0 Å². The van der Waals surface area contributed by atoms with Gasteiger partial charge in [0.05, 0.1) is 0 Å². The zero-order valence-corrected chi connectivity index (χ0v) is 14.9. The second kappa shape index (κ2) is 8.99. The van der Waals surface area contributed by atoms with E-state index in [0.29, 0.717) is 0 Å². The number of nitrogens with one attached hydrogen (secondary N) is 1. The third kappa shape index (κ3) is 8.67. The summed E-state index contributed by atoms with van der Waals surface area (Å²) in [6, 6.07) is 0. The maximum absolute atomic E-state index is 3.52. The molecule has 2 heteroatoms. The molecule has 1 aliphatic rings. The van der Waals surface area contributed by atoms with Gasteiger partial charge >= 0.3 is 0 Å². The molecule has 0 radical (unpaired) electrons. The summed E-state index contributed by atoms with van der Waals surface area (Å²) in [4.78, 5) is 0. The van der Waals surface area contributed by atoms with Crippen LogP contribution in [0, 0.1) is 5.41 Å². The van der Waals surface area contributed by atoms with E-state index in [4.69, 9.17) is 0 Å².